The summed E-state index contributed by atoms with van der Waals surface area (Å²) in [6.45, 7) is 0.467. The molecule has 23 heavy (non-hydrogen) atoms. The maximum atomic E-state index is 12.1. The number of nitrogens with one attached hydrogen (secondary N) is 1. The van der Waals surface area contributed by atoms with Gasteiger partial charge in [-0.25, -0.2) is 0 Å². The third-order valence-corrected chi connectivity index (χ3v) is 3.63. The summed E-state index contributed by atoms with van der Waals surface area (Å²) in [4.78, 5) is 20.5. The first kappa shape index (κ1) is 15.2. The third kappa shape index (κ3) is 3.73. The average molecular weight is 324 g/mol. The minimum Gasteiger partial charge on any atom is -0.347 e. The number of amides is 1. The van der Waals surface area contributed by atoms with E-state index in [4.69, 9.17) is 11.6 Å². The molecule has 0 radical (unpaired) electrons. The monoisotopic (exact) mass is 323 g/mol. The first-order chi connectivity index (χ1) is 11.2. The molecule has 0 aliphatic heterocycles. The summed E-state index contributed by atoms with van der Waals surface area (Å²) in [5.74, 6) is -0.215. The Morgan fingerprint density at radius 1 is 1.00 bits per heavy atom. The van der Waals surface area contributed by atoms with Crippen molar-refractivity contribution in [2.24, 2.45) is 0 Å². The molecule has 114 valence electrons. The normalized spacial score (nSPS) is 10.3. The van der Waals surface area contributed by atoms with E-state index in [-0.39, 0.29) is 5.91 Å². The molecule has 0 spiro atoms. The molecule has 3 aromatic rings. The second-order valence-corrected chi connectivity index (χ2v) is 5.34. The molecule has 0 aliphatic carbocycles. The number of benzene rings is 1. The van der Waals surface area contributed by atoms with E-state index in [9.17, 15) is 4.79 Å². The zero-order chi connectivity index (χ0) is 16.1. The Bertz CT molecular complexity index is 804. The van der Waals surface area contributed by atoms with Crippen molar-refractivity contribution in [2.75, 3.05) is 0 Å². The fourth-order valence-corrected chi connectivity index (χ4v) is 2.37. The summed E-state index contributed by atoms with van der Waals surface area (Å²) in [6.07, 6.45) is 3.27. The van der Waals surface area contributed by atoms with E-state index in [1.54, 1.807) is 36.7 Å². The number of hydrogen-bond donors (Lipinski definition) is 1. The van der Waals surface area contributed by atoms with E-state index in [2.05, 4.69) is 15.3 Å². The number of hydrogen-bond acceptors (Lipinski definition) is 3. The SMILES string of the molecule is O=C(NCc1ccccc1)c1ccc(-c2ncccc2Cl)cn1. The van der Waals surface area contributed by atoms with Crippen LogP contribution in [0.2, 0.25) is 5.02 Å². The van der Waals surface area contributed by atoms with E-state index >= 15 is 0 Å². The number of rotatable bonds is 4. The van der Waals surface area contributed by atoms with Crippen LogP contribution in [-0.4, -0.2) is 15.9 Å². The van der Waals surface area contributed by atoms with Crippen LogP contribution in [0, 0.1) is 0 Å². The molecule has 0 bridgehead atoms. The van der Waals surface area contributed by atoms with Crippen LogP contribution in [0.15, 0.2) is 67.0 Å². The van der Waals surface area contributed by atoms with Crippen molar-refractivity contribution < 1.29 is 4.79 Å². The zero-order valence-electron chi connectivity index (χ0n) is 12.2. The van der Waals surface area contributed by atoms with Crippen molar-refractivity contribution in [3.8, 4) is 11.3 Å². The molecule has 4 nitrogen and oxygen atoms in total. The number of pyridine rings is 2. The highest BCUT2D eigenvalue weighted by atomic mass is 35.5. The lowest BCUT2D eigenvalue weighted by Crippen LogP contribution is -2.23. The van der Waals surface area contributed by atoms with Gasteiger partial charge >= 0.3 is 0 Å². The van der Waals surface area contributed by atoms with Crippen LogP contribution in [0.3, 0.4) is 0 Å². The van der Waals surface area contributed by atoms with Crippen LogP contribution < -0.4 is 5.32 Å². The summed E-state index contributed by atoms with van der Waals surface area (Å²) in [6, 6.07) is 16.7. The molecule has 0 unspecified atom stereocenters. The van der Waals surface area contributed by atoms with Gasteiger partial charge in [-0.2, -0.15) is 0 Å². The molecule has 0 saturated heterocycles. The van der Waals surface area contributed by atoms with Crippen LogP contribution in [0.5, 0.6) is 0 Å². The van der Waals surface area contributed by atoms with Crippen LogP contribution in [-0.2, 0) is 6.54 Å². The maximum Gasteiger partial charge on any atom is 0.270 e. The predicted octanol–water partition coefficient (Wildman–Crippen LogP) is 3.73. The van der Waals surface area contributed by atoms with Crippen molar-refractivity contribution in [3.63, 3.8) is 0 Å². The Hall–Kier alpha value is -2.72. The maximum absolute atomic E-state index is 12.1. The van der Waals surface area contributed by atoms with Crippen molar-refractivity contribution >= 4 is 17.5 Å². The number of nitrogens with zero attached hydrogens (tertiary/aromatic N) is 2. The average Bonchev–Trinajstić information content (AvgIpc) is 2.61. The van der Waals surface area contributed by atoms with Gasteiger partial charge in [0, 0.05) is 24.5 Å². The molecule has 1 aromatic carbocycles. The van der Waals surface area contributed by atoms with Gasteiger partial charge in [0.25, 0.3) is 5.91 Å². The molecule has 5 heteroatoms. The number of carbonyl (C=O) groups excluding carboxylic acids is 1. The van der Waals surface area contributed by atoms with E-state index in [0.29, 0.717) is 23.0 Å². The van der Waals surface area contributed by atoms with Crippen molar-refractivity contribution in [1.82, 2.24) is 15.3 Å². The quantitative estimate of drug-likeness (QED) is 0.796. The number of carbonyl (C=O) groups is 1. The minimum atomic E-state index is -0.215. The van der Waals surface area contributed by atoms with Crippen LogP contribution in [0.25, 0.3) is 11.3 Å². The minimum absolute atomic E-state index is 0.215. The first-order valence-electron chi connectivity index (χ1n) is 7.13. The molecule has 2 aromatic heterocycles. The summed E-state index contributed by atoms with van der Waals surface area (Å²) < 4.78 is 0. The van der Waals surface area contributed by atoms with E-state index in [0.717, 1.165) is 11.1 Å². The highest BCUT2D eigenvalue weighted by Gasteiger charge is 2.09. The Labute approximate surface area is 139 Å². The highest BCUT2D eigenvalue weighted by Crippen LogP contribution is 2.24. The van der Waals surface area contributed by atoms with Crippen LogP contribution in [0.4, 0.5) is 0 Å². The highest BCUT2D eigenvalue weighted by molar-refractivity contribution is 6.33. The standard InChI is InChI=1S/C18H14ClN3O/c19-15-7-4-10-20-17(15)14-8-9-16(21-12-14)18(23)22-11-13-5-2-1-3-6-13/h1-10,12H,11H2,(H,22,23). The molecule has 2 heterocycles. The molecule has 3 rings (SSSR count). The summed E-state index contributed by atoms with van der Waals surface area (Å²) in [5.41, 5.74) is 2.82. The van der Waals surface area contributed by atoms with Gasteiger partial charge in [0.2, 0.25) is 0 Å². The number of aromatic nitrogens is 2. The van der Waals surface area contributed by atoms with E-state index in [1.807, 2.05) is 30.3 Å². The molecule has 0 fully saturated rings. The van der Waals surface area contributed by atoms with Gasteiger partial charge in [-0.15, -0.1) is 0 Å². The lowest BCUT2D eigenvalue weighted by Gasteiger charge is -2.06. The third-order valence-electron chi connectivity index (χ3n) is 3.32. The molecular formula is C18H14ClN3O. The predicted molar refractivity (Wildman–Crippen MR) is 90.1 cm³/mol. The molecule has 1 amide bonds. The first-order valence-corrected chi connectivity index (χ1v) is 7.51. The van der Waals surface area contributed by atoms with Gasteiger partial charge in [0.1, 0.15) is 5.69 Å². The second kappa shape index (κ2) is 7.03. The van der Waals surface area contributed by atoms with E-state index in [1.165, 1.54) is 0 Å². The molecule has 0 saturated carbocycles. The molecule has 0 atom stereocenters. The fraction of sp³-hybridized carbons (Fsp3) is 0.0556. The Morgan fingerprint density at radius 2 is 1.83 bits per heavy atom. The van der Waals surface area contributed by atoms with Gasteiger partial charge < -0.3 is 5.32 Å². The summed E-state index contributed by atoms with van der Waals surface area (Å²) in [7, 11) is 0. The topological polar surface area (TPSA) is 54.9 Å². The lowest BCUT2D eigenvalue weighted by atomic mass is 10.1. The summed E-state index contributed by atoms with van der Waals surface area (Å²) >= 11 is 6.11. The largest absolute Gasteiger partial charge is 0.347 e. The second-order valence-electron chi connectivity index (χ2n) is 4.93. The Kier molecular flexibility index (Phi) is 4.64. The van der Waals surface area contributed by atoms with Crippen LogP contribution >= 0.6 is 11.6 Å². The van der Waals surface area contributed by atoms with Crippen molar-refractivity contribution in [2.45, 2.75) is 6.54 Å². The molecular weight excluding hydrogens is 310 g/mol. The Morgan fingerprint density at radius 3 is 2.52 bits per heavy atom. The van der Waals surface area contributed by atoms with Gasteiger partial charge in [0.15, 0.2) is 0 Å². The number of halogens is 1. The molecule has 0 aliphatic rings. The van der Waals surface area contributed by atoms with Gasteiger partial charge in [0.05, 0.1) is 10.7 Å². The van der Waals surface area contributed by atoms with Gasteiger partial charge in [-0.3, -0.25) is 14.8 Å². The van der Waals surface area contributed by atoms with Crippen LogP contribution in [0.1, 0.15) is 16.1 Å². The van der Waals surface area contributed by atoms with E-state index < -0.39 is 0 Å². The zero-order valence-corrected chi connectivity index (χ0v) is 13.0. The smallest absolute Gasteiger partial charge is 0.270 e. The fourth-order valence-electron chi connectivity index (χ4n) is 2.14. The summed E-state index contributed by atoms with van der Waals surface area (Å²) in [5, 5.41) is 3.39. The molecule has 1 N–H and O–H groups in total. The Balaban J connectivity index is 1.70. The van der Waals surface area contributed by atoms with Crippen molar-refractivity contribution in [1.29, 1.82) is 0 Å². The van der Waals surface area contributed by atoms with Gasteiger partial charge in [-0.1, -0.05) is 41.9 Å². The lowest BCUT2D eigenvalue weighted by molar-refractivity contribution is 0.0946. The van der Waals surface area contributed by atoms with Crippen molar-refractivity contribution in [3.05, 3.63) is 83.3 Å². The van der Waals surface area contributed by atoms with Gasteiger partial charge in [-0.05, 0) is 29.8 Å².